The molecule has 3 heterocycles. The maximum atomic E-state index is 10.5. The van der Waals surface area contributed by atoms with Gasteiger partial charge in [-0.25, -0.2) is 15.0 Å². The van der Waals surface area contributed by atoms with Crippen LogP contribution in [0.4, 0.5) is 17.1 Å². The molecule has 0 fully saturated rings. The normalized spacial score (nSPS) is 13.2. The van der Waals surface area contributed by atoms with E-state index in [9.17, 15) is 5.26 Å². The average Bonchev–Trinajstić information content (AvgIpc) is 3.24. The Morgan fingerprint density at radius 3 is 1.40 bits per heavy atom. The first-order valence-corrected chi connectivity index (χ1v) is 17.5. The van der Waals surface area contributed by atoms with Gasteiger partial charge in [0.1, 0.15) is 11.5 Å². The molecule has 1 aromatic heterocycles. The number of aromatic nitrogens is 3. The number of ether oxygens (including phenoxy) is 1. The van der Waals surface area contributed by atoms with Crippen molar-refractivity contribution in [3.05, 3.63) is 204 Å². The van der Waals surface area contributed by atoms with E-state index in [0.717, 1.165) is 61.9 Å². The van der Waals surface area contributed by atoms with Gasteiger partial charge in [0.25, 0.3) is 0 Å². The first-order chi connectivity index (χ1) is 26.2. The van der Waals surface area contributed by atoms with E-state index in [-0.39, 0.29) is 0 Å². The van der Waals surface area contributed by atoms with Gasteiger partial charge in [0, 0.05) is 33.5 Å². The first kappa shape index (κ1) is 30.5. The number of hydrogen-bond acceptors (Lipinski definition) is 6. The molecular weight excluding hydrogens is 651 g/mol. The van der Waals surface area contributed by atoms with Gasteiger partial charge in [-0.3, -0.25) is 0 Å². The molecule has 0 saturated heterocycles. The quantitative estimate of drug-likeness (QED) is 0.184. The fourth-order valence-electron chi connectivity index (χ4n) is 7.97. The molecule has 0 atom stereocenters. The van der Waals surface area contributed by atoms with E-state index in [1.807, 2.05) is 84.9 Å². The lowest BCUT2D eigenvalue weighted by atomic mass is 9.61. The zero-order valence-electron chi connectivity index (χ0n) is 28.4. The summed E-state index contributed by atoms with van der Waals surface area (Å²) in [7, 11) is 0. The van der Waals surface area contributed by atoms with E-state index in [4.69, 9.17) is 19.7 Å². The molecule has 53 heavy (non-hydrogen) atoms. The predicted octanol–water partition coefficient (Wildman–Crippen LogP) is 11.0. The minimum Gasteiger partial charge on any atom is -0.457 e. The number of nitriles is 1. The summed E-state index contributed by atoms with van der Waals surface area (Å²) in [6, 6.07) is 61.9. The molecule has 8 aromatic rings. The van der Waals surface area contributed by atoms with Crippen molar-refractivity contribution in [3.8, 4) is 51.7 Å². The van der Waals surface area contributed by atoms with Crippen LogP contribution in [-0.4, -0.2) is 15.0 Å². The molecule has 0 saturated carbocycles. The van der Waals surface area contributed by atoms with E-state index in [1.54, 1.807) is 0 Å². The molecule has 6 heteroatoms. The van der Waals surface area contributed by atoms with Gasteiger partial charge < -0.3 is 9.64 Å². The third kappa shape index (κ3) is 4.76. The summed E-state index contributed by atoms with van der Waals surface area (Å²) >= 11 is 0. The molecule has 2 aliphatic heterocycles. The second kappa shape index (κ2) is 12.2. The van der Waals surface area contributed by atoms with Crippen molar-refractivity contribution in [2.24, 2.45) is 0 Å². The van der Waals surface area contributed by atoms with Gasteiger partial charge in [-0.05, 0) is 53.6 Å². The lowest BCUT2D eigenvalue weighted by Gasteiger charge is -2.48. The van der Waals surface area contributed by atoms with Crippen LogP contribution in [0.5, 0.6) is 11.5 Å². The molecule has 10 rings (SSSR count). The molecule has 0 bridgehead atoms. The number of para-hydroxylation sites is 4. The van der Waals surface area contributed by atoms with Crippen molar-refractivity contribution in [2.45, 2.75) is 5.41 Å². The van der Waals surface area contributed by atoms with Gasteiger partial charge in [0.15, 0.2) is 17.5 Å². The summed E-state index contributed by atoms with van der Waals surface area (Å²) in [5, 5.41) is 10.5. The summed E-state index contributed by atoms with van der Waals surface area (Å²) in [6.07, 6.45) is 0. The molecule has 1 spiro atoms. The van der Waals surface area contributed by atoms with E-state index < -0.39 is 5.41 Å². The molecule has 0 amide bonds. The summed E-state index contributed by atoms with van der Waals surface area (Å²) in [5.41, 5.74) is 9.54. The topological polar surface area (TPSA) is 74.9 Å². The number of rotatable bonds is 4. The second-order valence-electron chi connectivity index (χ2n) is 13.1. The van der Waals surface area contributed by atoms with Gasteiger partial charge in [-0.2, -0.15) is 5.26 Å². The average molecular weight is 680 g/mol. The summed E-state index contributed by atoms with van der Waals surface area (Å²) < 4.78 is 6.56. The molecule has 7 aromatic carbocycles. The third-order valence-corrected chi connectivity index (χ3v) is 10.2. The van der Waals surface area contributed by atoms with Crippen molar-refractivity contribution in [2.75, 3.05) is 4.90 Å². The number of anilines is 3. The molecule has 0 aliphatic carbocycles. The molecular formula is C47H29N5O. The number of fused-ring (bicyclic) bond motifs is 8. The van der Waals surface area contributed by atoms with Gasteiger partial charge in [0.05, 0.1) is 28.4 Å². The Bertz CT molecular complexity index is 2590. The first-order valence-electron chi connectivity index (χ1n) is 17.5. The Balaban J connectivity index is 1.22. The third-order valence-electron chi connectivity index (χ3n) is 10.2. The van der Waals surface area contributed by atoms with Crippen LogP contribution in [0.25, 0.3) is 34.2 Å². The largest absolute Gasteiger partial charge is 0.457 e. The Morgan fingerprint density at radius 1 is 0.453 bits per heavy atom. The molecule has 0 N–H and O–H groups in total. The van der Waals surface area contributed by atoms with Crippen molar-refractivity contribution in [1.82, 2.24) is 15.0 Å². The number of benzene rings is 7. The van der Waals surface area contributed by atoms with Crippen molar-refractivity contribution < 1.29 is 4.74 Å². The minimum atomic E-state index is -0.659. The van der Waals surface area contributed by atoms with Crippen LogP contribution in [0, 0.1) is 11.3 Å². The Morgan fingerprint density at radius 2 is 0.887 bits per heavy atom. The van der Waals surface area contributed by atoms with Crippen LogP contribution in [0.1, 0.15) is 27.8 Å². The highest BCUT2D eigenvalue weighted by atomic mass is 16.5. The highest BCUT2D eigenvalue weighted by molar-refractivity contribution is 5.92. The highest BCUT2D eigenvalue weighted by Crippen LogP contribution is 2.62. The predicted molar refractivity (Wildman–Crippen MR) is 207 cm³/mol. The van der Waals surface area contributed by atoms with Crippen molar-refractivity contribution in [3.63, 3.8) is 0 Å². The molecule has 248 valence electrons. The summed E-state index contributed by atoms with van der Waals surface area (Å²) in [6.45, 7) is 0. The molecule has 6 nitrogen and oxygen atoms in total. The summed E-state index contributed by atoms with van der Waals surface area (Å²) in [5.74, 6) is 3.27. The zero-order chi connectivity index (χ0) is 35.4. The van der Waals surface area contributed by atoms with Gasteiger partial charge >= 0.3 is 0 Å². The second-order valence-corrected chi connectivity index (χ2v) is 13.1. The van der Waals surface area contributed by atoms with Crippen molar-refractivity contribution >= 4 is 17.1 Å². The SMILES string of the molecule is N#Cc1cc(-c2nc(-c3ccccc3)nc(-c3ccccc3)n2)cc(N2c3ccccc3C3(c4ccccc4Oc4ccccc43)c3ccccc32)c1. The van der Waals surface area contributed by atoms with Gasteiger partial charge in [-0.1, -0.05) is 133 Å². The summed E-state index contributed by atoms with van der Waals surface area (Å²) in [4.78, 5) is 17.2. The smallest absolute Gasteiger partial charge is 0.164 e. The van der Waals surface area contributed by atoms with E-state index in [0.29, 0.717) is 28.6 Å². The van der Waals surface area contributed by atoms with Crippen LogP contribution in [0.3, 0.4) is 0 Å². The molecule has 0 radical (unpaired) electrons. The zero-order valence-corrected chi connectivity index (χ0v) is 28.4. The maximum Gasteiger partial charge on any atom is 0.164 e. The van der Waals surface area contributed by atoms with Gasteiger partial charge in [-0.15, -0.1) is 0 Å². The van der Waals surface area contributed by atoms with E-state index >= 15 is 0 Å². The van der Waals surface area contributed by atoms with Crippen LogP contribution in [0.15, 0.2) is 176 Å². The lowest BCUT2D eigenvalue weighted by molar-refractivity contribution is 0.434. The fraction of sp³-hybridized carbons (Fsp3) is 0.0213. The van der Waals surface area contributed by atoms with Crippen LogP contribution in [-0.2, 0) is 5.41 Å². The Hall–Kier alpha value is -7.36. The number of hydrogen-bond donors (Lipinski definition) is 0. The molecule has 0 unspecified atom stereocenters. The van der Waals surface area contributed by atoms with E-state index in [2.05, 4.69) is 102 Å². The Kier molecular flexibility index (Phi) is 6.98. The number of nitrogens with zero attached hydrogens (tertiary/aromatic N) is 5. The fourth-order valence-corrected chi connectivity index (χ4v) is 7.97. The maximum absolute atomic E-state index is 10.5. The van der Waals surface area contributed by atoms with Crippen molar-refractivity contribution in [1.29, 1.82) is 5.26 Å². The van der Waals surface area contributed by atoms with Crippen LogP contribution >= 0.6 is 0 Å². The Labute approximate surface area is 306 Å². The monoisotopic (exact) mass is 679 g/mol. The lowest BCUT2D eigenvalue weighted by Crippen LogP contribution is -2.39. The highest BCUT2D eigenvalue weighted by Gasteiger charge is 2.51. The standard InChI is InChI=1S/C47H29N5O/c48-30-31-27-34(46-50-44(32-15-3-1-4-16-32)49-45(51-46)33-17-5-2-6-18-33)29-35(28-31)52-40-23-11-7-19-36(40)47(37-20-8-12-24-41(37)52)38-21-9-13-25-42(38)53-43-26-14-10-22-39(43)47/h1-29H. The molecule has 2 aliphatic rings. The minimum absolute atomic E-state index is 0.485. The van der Waals surface area contributed by atoms with Crippen LogP contribution < -0.4 is 9.64 Å². The van der Waals surface area contributed by atoms with Gasteiger partial charge in [0.2, 0.25) is 0 Å². The van der Waals surface area contributed by atoms with E-state index in [1.165, 1.54) is 0 Å². The van der Waals surface area contributed by atoms with Crippen LogP contribution in [0.2, 0.25) is 0 Å².